The summed E-state index contributed by atoms with van der Waals surface area (Å²) in [6.45, 7) is 0. The smallest absolute Gasteiger partial charge is 0.489 e. The molecule has 1 N–H and O–H groups in total. The minimum absolute atomic E-state index is 0.0354. The van der Waals surface area contributed by atoms with Crippen LogP contribution in [0.5, 0.6) is 11.5 Å². The number of benzene rings is 2. The molecule has 3 aromatic rings. The lowest BCUT2D eigenvalue weighted by Gasteiger charge is -2.33. The number of alkyl halides is 3. The molecule has 1 aliphatic carbocycles. The first kappa shape index (κ1) is 21.0. The third-order valence-corrected chi connectivity index (χ3v) is 5.19. The summed E-state index contributed by atoms with van der Waals surface area (Å²) >= 11 is 6.12. The van der Waals surface area contributed by atoms with E-state index in [1.54, 1.807) is 6.07 Å². The largest absolute Gasteiger partial charge is 0.573 e. The fourth-order valence-electron chi connectivity index (χ4n) is 3.32. The second-order valence-corrected chi connectivity index (χ2v) is 7.45. The van der Waals surface area contributed by atoms with Crippen LogP contribution < -0.4 is 14.9 Å². The van der Waals surface area contributed by atoms with E-state index in [4.69, 9.17) is 25.9 Å². The summed E-state index contributed by atoms with van der Waals surface area (Å²) in [5.41, 5.74) is -0.0649. The molecule has 4 rings (SSSR count). The van der Waals surface area contributed by atoms with Gasteiger partial charge in [-0.3, -0.25) is 9.59 Å². The molecule has 0 saturated heterocycles. The van der Waals surface area contributed by atoms with Crippen molar-refractivity contribution in [3.8, 4) is 22.8 Å². The lowest BCUT2D eigenvalue weighted by Crippen LogP contribution is -2.38. The maximum Gasteiger partial charge on any atom is 0.573 e. The molecular weight excluding hydrogens is 441 g/mol. The number of carbonyl (C=O) groups is 1. The van der Waals surface area contributed by atoms with Gasteiger partial charge in [-0.1, -0.05) is 17.7 Å². The van der Waals surface area contributed by atoms with Gasteiger partial charge in [-0.15, -0.1) is 13.2 Å². The highest BCUT2D eigenvalue weighted by atomic mass is 35.5. The molecule has 10 heteroatoms. The molecule has 0 spiro atoms. The highest BCUT2D eigenvalue weighted by Gasteiger charge is 2.37. The Morgan fingerprint density at radius 3 is 2.58 bits per heavy atom. The fraction of sp³-hybridized carbons (Fsp3) is 0.238. The lowest BCUT2D eigenvalue weighted by atomic mass is 9.82. The van der Waals surface area contributed by atoms with Crippen LogP contribution >= 0.6 is 11.6 Å². The van der Waals surface area contributed by atoms with Crippen LogP contribution in [0.4, 0.5) is 13.2 Å². The van der Waals surface area contributed by atoms with Gasteiger partial charge in [0, 0.05) is 12.1 Å². The Kier molecular flexibility index (Phi) is 5.30. The monoisotopic (exact) mass is 454 g/mol. The number of fused-ring (bicyclic) bond motifs is 1. The minimum atomic E-state index is -4.91. The third kappa shape index (κ3) is 4.46. The molecule has 162 valence electrons. The Morgan fingerprint density at radius 2 is 1.90 bits per heavy atom. The van der Waals surface area contributed by atoms with E-state index in [-0.39, 0.29) is 45.9 Å². The molecule has 0 bridgehead atoms. The van der Waals surface area contributed by atoms with Crippen LogP contribution in [0.2, 0.25) is 5.02 Å². The quantitative estimate of drug-likeness (QED) is 0.566. The van der Waals surface area contributed by atoms with Crippen LogP contribution in [0.1, 0.15) is 12.8 Å². The van der Waals surface area contributed by atoms with Gasteiger partial charge in [0.2, 0.25) is 0 Å². The van der Waals surface area contributed by atoms with Gasteiger partial charge < -0.3 is 19.0 Å². The van der Waals surface area contributed by atoms with E-state index in [0.717, 1.165) is 12.1 Å². The first-order valence-corrected chi connectivity index (χ1v) is 9.50. The van der Waals surface area contributed by atoms with Gasteiger partial charge in [0.25, 0.3) is 0 Å². The molecule has 1 aliphatic rings. The van der Waals surface area contributed by atoms with E-state index in [9.17, 15) is 22.8 Å². The maximum atomic E-state index is 12.6. The number of hydrogen-bond donors (Lipinski definition) is 1. The Balaban J connectivity index is 1.76. The molecule has 1 heterocycles. The number of ether oxygens (including phenoxy) is 2. The van der Waals surface area contributed by atoms with E-state index in [0.29, 0.717) is 0 Å². The number of rotatable bonds is 5. The molecular formula is C21H14ClF3O6. The molecule has 0 aliphatic heterocycles. The summed E-state index contributed by atoms with van der Waals surface area (Å²) in [5, 5.41) is 9.46. The van der Waals surface area contributed by atoms with Gasteiger partial charge in [0.15, 0.2) is 11.0 Å². The van der Waals surface area contributed by atoms with Crippen molar-refractivity contribution in [3.05, 3.63) is 57.7 Å². The highest BCUT2D eigenvalue weighted by molar-refractivity contribution is 6.34. The summed E-state index contributed by atoms with van der Waals surface area (Å²) < 4.78 is 53.4. The van der Waals surface area contributed by atoms with Crippen molar-refractivity contribution in [3.63, 3.8) is 0 Å². The Morgan fingerprint density at radius 1 is 1.16 bits per heavy atom. The molecule has 0 amide bonds. The normalized spacial score (nSPS) is 18.5. The fourth-order valence-corrected chi connectivity index (χ4v) is 3.53. The molecule has 1 saturated carbocycles. The number of carboxylic acids is 1. The Hall–Kier alpha value is -3.20. The van der Waals surface area contributed by atoms with Gasteiger partial charge >= 0.3 is 12.3 Å². The zero-order valence-electron chi connectivity index (χ0n) is 15.6. The van der Waals surface area contributed by atoms with Crippen molar-refractivity contribution in [2.75, 3.05) is 0 Å². The first-order chi connectivity index (χ1) is 14.6. The molecule has 0 radical (unpaired) electrons. The van der Waals surface area contributed by atoms with Crippen LogP contribution in [0.25, 0.3) is 22.3 Å². The Labute approximate surface area is 177 Å². The molecule has 0 atom stereocenters. The average molecular weight is 455 g/mol. The summed E-state index contributed by atoms with van der Waals surface area (Å²) in [5.74, 6) is -2.08. The van der Waals surface area contributed by atoms with Crippen LogP contribution in [-0.2, 0) is 4.79 Å². The first-order valence-electron chi connectivity index (χ1n) is 9.13. The van der Waals surface area contributed by atoms with Gasteiger partial charge in [-0.25, -0.2) is 0 Å². The SMILES string of the molecule is O=C(O)C1CC(Oc2cc(OC(F)(F)F)ccc2-c2cc(=O)c3cccc(Cl)c3o2)C1. The number of halogens is 4. The van der Waals surface area contributed by atoms with Crippen molar-refractivity contribution in [1.82, 2.24) is 0 Å². The van der Waals surface area contributed by atoms with E-state index < -0.39 is 35.5 Å². The second-order valence-electron chi connectivity index (χ2n) is 7.04. The lowest BCUT2D eigenvalue weighted by molar-refractivity contribution is -0.274. The predicted molar refractivity (Wildman–Crippen MR) is 104 cm³/mol. The minimum Gasteiger partial charge on any atom is -0.489 e. The summed E-state index contributed by atoms with van der Waals surface area (Å²) in [4.78, 5) is 23.5. The van der Waals surface area contributed by atoms with E-state index in [1.165, 1.54) is 24.3 Å². The third-order valence-electron chi connectivity index (χ3n) is 4.90. The number of aliphatic carboxylic acids is 1. The van der Waals surface area contributed by atoms with E-state index in [1.807, 2.05) is 0 Å². The summed E-state index contributed by atoms with van der Waals surface area (Å²) in [6, 6.07) is 9.20. The average Bonchev–Trinajstić information content (AvgIpc) is 2.63. The van der Waals surface area contributed by atoms with Gasteiger partial charge in [-0.05, 0) is 37.1 Å². The van der Waals surface area contributed by atoms with Gasteiger partial charge in [0.05, 0.1) is 21.9 Å². The molecule has 1 fully saturated rings. The second kappa shape index (κ2) is 7.81. The zero-order valence-corrected chi connectivity index (χ0v) is 16.4. The Bertz CT molecular complexity index is 1210. The van der Waals surface area contributed by atoms with Crippen LogP contribution in [-0.4, -0.2) is 23.5 Å². The summed E-state index contributed by atoms with van der Waals surface area (Å²) in [7, 11) is 0. The van der Waals surface area contributed by atoms with E-state index >= 15 is 0 Å². The molecule has 0 unspecified atom stereocenters. The summed E-state index contributed by atoms with van der Waals surface area (Å²) in [6.07, 6.45) is -5.02. The zero-order chi connectivity index (χ0) is 22.3. The van der Waals surface area contributed by atoms with Crippen molar-refractivity contribution < 1.29 is 37.0 Å². The number of carboxylic acid groups (broad SMARTS) is 1. The van der Waals surface area contributed by atoms with E-state index in [2.05, 4.69) is 4.74 Å². The van der Waals surface area contributed by atoms with Crippen molar-refractivity contribution in [2.24, 2.45) is 5.92 Å². The molecule has 1 aromatic heterocycles. The van der Waals surface area contributed by atoms with Crippen molar-refractivity contribution >= 4 is 28.5 Å². The maximum absolute atomic E-state index is 12.6. The highest BCUT2D eigenvalue weighted by Crippen LogP contribution is 2.40. The van der Waals surface area contributed by atoms with Crippen LogP contribution in [0, 0.1) is 5.92 Å². The van der Waals surface area contributed by atoms with Gasteiger partial charge in [-0.2, -0.15) is 0 Å². The number of para-hydroxylation sites is 1. The molecule has 6 nitrogen and oxygen atoms in total. The topological polar surface area (TPSA) is 86.0 Å². The molecule has 31 heavy (non-hydrogen) atoms. The number of hydrogen-bond acceptors (Lipinski definition) is 5. The van der Waals surface area contributed by atoms with Crippen molar-refractivity contribution in [2.45, 2.75) is 25.3 Å². The van der Waals surface area contributed by atoms with Crippen LogP contribution in [0.15, 0.2) is 51.7 Å². The van der Waals surface area contributed by atoms with Crippen molar-refractivity contribution in [1.29, 1.82) is 0 Å². The standard InChI is InChI=1S/C21H14ClF3O6/c22-15-3-1-2-13-16(26)9-18(30-19(13)15)14-5-4-11(31-21(23,24)25)8-17(14)29-12-6-10(7-12)20(27)28/h1-5,8-10,12H,6-7H2,(H,27,28). The predicted octanol–water partition coefficient (Wildman–Crippen LogP) is 5.25. The van der Waals surface area contributed by atoms with Gasteiger partial charge in [0.1, 0.15) is 23.4 Å². The molecule has 2 aromatic carbocycles. The van der Waals surface area contributed by atoms with Crippen LogP contribution in [0.3, 0.4) is 0 Å².